The van der Waals surface area contributed by atoms with Gasteiger partial charge in [-0.2, -0.15) is 0 Å². The molecule has 0 heterocycles. The topological polar surface area (TPSA) is 29.3 Å². The van der Waals surface area contributed by atoms with Gasteiger partial charge in [0.25, 0.3) is 0 Å². The van der Waals surface area contributed by atoms with Crippen molar-refractivity contribution in [2.75, 3.05) is 13.6 Å². The number of benzene rings is 1. The van der Waals surface area contributed by atoms with Crippen LogP contribution in [0, 0.1) is 0 Å². The summed E-state index contributed by atoms with van der Waals surface area (Å²) in [7, 11) is 2.09. The molecule has 78 valence electrons. The molecule has 1 aromatic rings. The molecule has 1 atom stereocenters. The van der Waals surface area contributed by atoms with Crippen LogP contribution in [0.1, 0.15) is 12.5 Å². The molecule has 0 aliphatic rings. The van der Waals surface area contributed by atoms with Crippen LogP contribution in [0.5, 0.6) is 0 Å². The lowest BCUT2D eigenvalue weighted by Crippen LogP contribution is -2.34. The Morgan fingerprint density at radius 3 is 2.64 bits per heavy atom. The monoisotopic (exact) mass is 256 g/mol. The Balaban J connectivity index is 2.64. The number of nitrogens with two attached hydrogens (primary N) is 1. The summed E-state index contributed by atoms with van der Waals surface area (Å²) in [5, 5.41) is 0. The maximum absolute atomic E-state index is 5.61. The quantitative estimate of drug-likeness (QED) is 0.896. The lowest BCUT2D eigenvalue weighted by Gasteiger charge is -2.23. The molecule has 1 aromatic carbocycles. The summed E-state index contributed by atoms with van der Waals surface area (Å²) in [5.74, 6) is 0. The molecule has 0 spiro atoms. The number of likely N-dealkylation sites (N-methyl/N-ethyl adjacent to an activating group) is 1. The minimum Gasteiger partial charge on any atom is -0.329 e. The van der Waals surface area contributed by atoms with Gasteiger partial charge < -0.3 is 5.73 Å². The van der Waals surface area contributed by atoms with E-state index in [1.54, 1.807) is 0 Å². The third-order valence-electron chi connectivity index (χ3n) is 2.47. The van der Waals surface area contributed by atoms with E-state index < -0.39 is 0 Å². The molecular formula is C11H17BrN2. The third-order valence-corrected chi connectivity index (χ3v) is 3.24. The van der Waals surface area contributed by atoms with E-state index >= 15 is 0 Å². The first-order chi connectivity index (χ1) is 6.65. The summed E-state index contributed by atoms with van der Waals surface area (Å²) in [6.45, 7) is 3.76. The van der Waals surface area contributed by atoms with Gasteiger partial charge in [-0.15, -0.1) is 0 Å². The molecule has 2 nitrogen and oxygen atoms in total. The Hall–Kier alpha value is -0.380. The van der Waals surface area contributed by atoms with Crippen LogP contribution in [0.25, 0.3) is 0 Å². The maximum Gasteiger partial charge on any atom is 0.0245 e. The molecule has 0 saturated carbocycles. The van der Waals surface area contributed by atoms with Gasteiger partial charge in [0.1, 0.15) is 0 Å². The second-order valence-electron chi connectivity index (χ2n) is 3.59. The summed E-state index contributed by atoms with van der Waals surface area (Å²) in [6, 6.07) is 8.70. The first-order valence-electron chi connectivity index (χ1n) is 4.79. The summed E-state index contributed by atoms with van der Waals surface area (Å²) < 4.78 is 1.16. The molecule has 2 N–H and O–H groups in total. The summed E-state index contributed by atoms with van der Waals surface area (Å²) in [5.41, 5.74) is 6.91. The highest BCUT2D eigenvalue weighted by atomic mass is 79.9. The highest BCUT2D eigenvalue weighted by Crippen LogP contribution is 2.17. The van der Waals surface area contributed by atoms with E-state index in [2.05, 4.69) is 53.0 Å². The van der Waals surface area contributed by atoms with Crippen molar-refractivity contribution in [2.45, 2.75) is 19.5 Å². The molecule has 0 amide bonds. The van der Waals surface area contributed by atoms with Gasteiger partial charge in [-0.25, -0.2) is 0 Å². The minimum absolute atomic E-state index is 0.419. The molecule has 0 aliphatic heterocycles. The summed E-state index contributed by atoms with van der Waals surface area (Å²) in [6.07, 6.45) is 0. The van der Waals surface area contributed by atoms with Gasteiger partial charge in [0.2, 0.25) is 0 Å². The maximum atomic E-state index is 5.61. The van der Waals surface area contributed by atoms with E-state index in [1.165, 1.54) is 5.56 Å². The Bertz CT molecular complexity index is 288. The Morgan fingerprint density at radius 2 is 2.07 bits per heavy atom. The van der Waals surface area contributed by atoms with Crippen molar-refractivity contribution in [1.29, 1.82) is 0 Å². The number of rotatable bonds is 4. The fraction of sp³-hybridized carbons (Fsp3) is 0.455. The molecule has 0 fully saturated rings. The molecule has 3 heteroatoms. The number of nitrogens with zero attached hydrogens (tertiary/aromatic N) is 1. The smallest absolute Gasteiger partial charge is 0.0245 e. The van der Waals surface area contributed by atoms with Crippen LogP contribution >= 0.6 is 15.9 Å². The SMILES string of the molecule is CC(CN)N(C)Cc1ccccc1Br. The molecule has 0 bridgehead atoms. The van der Waals surface area contributed by atoms with Crippen LogP contribution in [0.4, 0.5) is 0 Å². The van der Waals surface area contributed by atoms with Crippen LogP contribution in [0.3, 0.4) is 0 Å². The van der Waals surface area contributed by atoms with Gasteiger partial charge in [-0.1, -0.05) is 34.1 Å². The molecule has 0 aromatic heterocycles. The second-order valence-corrected chi connectivity index (χ2v) is 4.45. The lowest BCUT2D eigenvalue weighted by atomic mass is 10.2. The van der Waals surface area contributed by atoms with Gasteiger partial charge in [-0.3, -0.25) is 4.90 Å². The fourth-order valence-electron chi connectivity index (χ4n) is 1.23. The van der Waals surface area contributed by atoms with Gasteiger partial charge in [0.05, 0.1) is 0 Å². The van der Waals surface area contributed by atoms with E-state index in [9.17, 15) is 0 Å². The first kappa shape index (κ1) is 11.7. The zero-order chi connectivity index (χ0) is 10.6. The standard InChI is InChI=1S/C11H17BrN2/c1-9(7-13)14(2)8-10-5-3-4-6-11(10)12/h3-6,9H,7-8,13H2,1-2H3. The zero-order valence-corrected chi connectivity index (χ0v) is 10.3. The fourth-order valence-corrected chi connectivity index (χ4v) is 1.64. The van der Waals surface area contributed by atoms with E-state index in [-0.39, 0.29) is 0 Å². The second kappa shape index (κ2) is 5.49. The Labute approximate surface area is 94.2 Å². The molecular weight excluding hydrogens is 240 g/mol. The first-order valence-corrected chi connectivity index (χ1v) is 5.58. The van der Waals surface area contributed by atoms with Gasteiger partial charge in [0.15, 0.2) is 0 Å². The number of halogens is 1. The normalized spacial score (nSPS) is 13.2. The van der Waals surface area contributed by atoms with E-state index in [4.69, 9.17) is 5.73 Å². The van der Waals surface area contributed by atoms with E-state index in [1.807, 2.05) is 6.07 Å². The highest BCUT2D eigenvalue weighted by Gasteiger charge is 2.08. The van der Waals surface area contributed by atoms with Crippen molar-refractivity contribution < 1.29 is 0 Å². The van der Waals surface area contributed by atoms with Gasteiger partial charge >= 0.3 is 0 Å². The van der Waals surface area contributed by atoms with Crippen molar-refractivity contribution in [3.63, 3.8) is 0 Å². The largest absolute Gasteiger partial charge is 0.329 e. The van der Waals surface area contributed by atoms with Crippen LogP contribution in [-0.2, 0) is 6.54 Å². The Morgan fingerprint density at radius 1 is 1.43 bits per heavy atom. The lowest BCUT2D eigenvalue weighted by molar-refractivity contribution is 0.254. The van der Waals surface area contributed by atoms with Crippen LogP contribution in [0.15, 0.2) is 28.7 Å². The predicted molar refractivity (Wildman–Crippen MR) is 64.1 cm³/mol. The van der Waals surface area contributed by atoms with Crippen molar-refractivity contribution in [2.24, 2.45) is 5.73 Å². The molecule has 0 saturated heterocycles. The van der Waals surface area contributed by atoms with Crippen molar-refractivity contribution in [1.82, 2.24) is 4.90 Å². The molecule has 0 aliphatic carbocycles. The predicted octanol–water partition coefficient (Wildman–Crippen LogP) is 2.23. The number of hydrogen-bond donors (Lipinski definition) is 1. The van der Waals surface area contributed by atoms with Gasteiger partial charge in [-0.05, 0) is 25.6 Å². The molecule has 1 unspecified atom stereocenters. The Kier molecular flexibility index (Phi) is 4.58. The average molecular weight is 257 g/mol. The summed E-state index contributed by atoms with van der Waals surface area (Å²) in [4.78, 5) is 2.25. The van der Waals surface area contributed by atoms with E-state index in [0.29, 0.717) is 12.6 Å². The zero-order valence-electron chi connectivity index (χ0n) is 8.70. The summed E-state index contributed by atoms with van der Waals surface area (Å²) >= 11 is 3.54. The van der Waals surface area contributed by atoms with Gasteiger partial charge in [0, 0.05) is 23.6 Å². The third kappa shape index (κ3) is 3.08. The average Bonchev–Trinajstić information content (AvgIpc) is 2.20. The van der Waals surface area contributed by atoms with Crippen LogP contribution in [-0.4, -0.2) is 24.5 Å². The van der Waals surface area contributed by atoms with Crippen LogP contribution in [0.2, 0.25) is 0 Å². The molecule has 14 heavy (non-hydrogen) atoms. The molecule has 0 radical (unpaired) electrons. The van der Waals surface area contributed by atoms with Crippen molar-refractivity contribution >= 4 is 15.9 Å². The number of hydrogen-bond acceptors (Lipinski definition) is 2. The molecule has 1 rings (SSSR count). The van der Waals surface area contributed by atoms with Crippen molar-refractivity contribution in [3.05, 3.63) is 34.3 Å². The van der Waals surface area contributed by atoms with E-state index in [0.717, 1.165) is 11.0 Å². The minimum atomic E-state index is 0.419. The highest BCUT2D eigenvalue weighted by molar-refractivity contribution is 9.10. The van der Waals surface area contributed by atoms with Crippen molar-refractivity contribution in [3.8, 4) is 0 Å². The van der Waals surface area contributed by atoms with Crippen LogP contribution < -0.4 is 5.73 Å².